The molecular weight excluding hydrogens is 160 g/mol. The van der Waals surface area contributed by atoms with E-state index >= 15 is 0 Å². The van der Waals surface area contributed by atoms with Crippen molar-refractivity contribution in [2.75, 3.05) is 5.32 Å². The summed E-state index contributed by atoms with van der Waals surface area (Å²) in [5.74, 6) is 0. The minimum absolute atomic E-state index is 0.425. The number of pyridine rings is 1. The predicted octanol–water partition coefficient (Wildman–Crippen LogP) is 2.56. The highest BCUT2D eigenvalue weighted by atomic mass is 35.5. The molecule has 0 aliphatic heterocycles. The molecule has 0 spiro atoms. The topological polar surface area (TPSA) is 24.9 Å². The van der Waals surface area contributed by atoms with Crippen molar-refractivity contribution in [3.8, 4) is 0 Å². The van der Waals surface area contributed by atoms with Gasteiger partial charge in [0.2, 0.25) is 0 Å². The van der Waals surface area contributed by atoms with Crippen LogP contribution in [-0.2, 0) is 0 Å². The zero-order valence-electron chi connectivity index (χ0n) is 6.63. The molecule has 2 nitrogen and oxygen atoms in total. The van der Waals surface area contributed by atoms with E-state index in [0.717, 1.165) is 5.69 Å². The van der Waals surface area contributed by atoms with Crippen LogP contribution in [0.4, 0.5) is 5.69 Å². The lowest BCUT2D eigenvalue weighted by Gasteiger charge is -2.08. The van der Waals surface area contributed by atoms with Crippen LogP contribution >= 0.6 is 11.6 Å². The molecular formula is C8H11ClN2. The Bertz CT molecular complexity index is 235. The Morgan fingerprint density at radius 2 is 2.27 bits per heavy atom. The number of halogens is 1. The quantitative estimate of drug-likeness (QED) is 0.691. The van der Waals surface area contributed by atoms with Gasteiger partial charge in [0.15, 0.2) is 0 Å². The van der Waals surface area contributed by atoms with Crippen molar-refractivity contribution in [1.29, 1.82) is 0 Å². The first-order valence-corrected chi connectivity index (χ1v) is 3.94. The molecule has 0 atom stereocenters. The van der Waals surface area contributed by atoms with Crippen LogP contribution in [-0.4, -0.2) is 11.0 Å². The largest absolute Gasteiger partial charge is 0.383 e. The van der Waals surface area contributed by atoms with E-state index in [0.29, 0.717) is 11.2 Å². The van der Waals surface area contributed by atoms with Crippen molar-refractivity contribution in [3.63, 3.8) is 0 Å². The van der Waals surface area contributed by atoms with Gasteiger partial charge in [0.1, 0.15) is 5.15 Å². The Morgan fingerprint density at radius 3 is 2.82 bits per heavy atom. The summed E-state index contributed by atoms with van der Waals surface area (Å²) in [6.07, 6.45) is 1.69. The summed E-state index contributed by atoms with van der Waals surface area (Å²) in [6, 6.07) is 4.13. The van der Waals surface area contributed by atoms with Crippen LogP contribution in [0.25, 0.3) is 0 Å². The zero-order valence-corrected chi connectivity index (χ0v) is 7.39. The lowest BCUT2D eigenvalue weighted by atomic mass is 10.3. The van der Waals surface area contributed by atoms with Gasteiger partial charge in [0.25, 0.3) is 0 Å². The van der Waals surface area contributed by atoms with Crippen molar-refractivity contribution in [2.45, 2.75) is 19.9 Å². The van der Waals surface area contributed by atoms with E-state index in [1.54, 1.807) is 6.20 Å². The molecule has 0 saturated carbocycles. The van der Waals surface area contributed by atoms with Gasteiger partial charge in [-0.25, -0.2) is 4.98 Å². The van der Waals surface area contributed by atoms with Crippen LogP contribution in [0.15, 0.2) is 18.3 Å². The average Bonchev–Trinajstić information content (AvgIpc) is 1.85. The third kappa shape index (κ3) is 2.76. The normalized spacial score (nSPS) is 10.2. The Morgan fingerprint density at radius 1 is 1.55 bits per heavy atom. The molecule has 1 aromatic rings. The smallest absolute Gasteiger partial charge is 0.131 e. The van der Waals surface area contributed by atoms with Crippen LogP contribution in [0.3, 0.4) is 0 Å². The van der Waals surface area contributed by atoms with Gasteiger partial charge in [-0.15, -0.1) is 0 Å². The van der Waals surface area contributed by atoms with Gasteiger partial charge >= 0.3 is 0 Å². The summed E-state index contributed by atoms with van der Waals surface area (Å²) >= 11 is 5.68. The lowest BCUT2D eigenvalue weighted by Crippen LogP contribution is -2.09. The number of hydrogen-bond donors (Lipinski definition) is 1. The molecule has 0 unspecified atom stereocenters. The summed E-state index contributed by atoms with van der Waals surface area (Å²) in [6.45, 7) is 4.16. The standard InChI is InChI=1S/C8H11ClN2/c1-6(2)11-7-3-4-10-8(9)5-7/h3-6H,1-2H3,(H,10,11). The fourth-order valence-electron chi connectivity index (χ4n) is 0.826. The lowest BCUT2D eigenvalue weighted by molar-refractivity contribution is 0.899. The van der Waals surface area contributed by atoms with Crippen LogP contribution < -0.4 is 5.32 Å². The summed E-state index contributed by atoms with van der Waals surface area (Å²) < 4.78 is 0. The molecule has 1 N–H and O–H groups in total. The molecule has 0 radical (unpaired) electrons. The van der Waals surface area contributed by atoms with Gasteiger partial charge in [0.05, 0.1) is 0 Å². The maximum atomic E-state index is 5.68. The monoisotopic (exact) mass is 170 g/mol. The number of nitrogens with one attached hydrogen (secondary N) is 1. The van der Waals surface area contributed by atoms with E-state index in [1.165, 1.54) is 0 Å². The number of rotatable bonds is 2. The SMILES string of the molecule is CC(C)Nc1ccnc(Cl)c1. The Labute approximate surface area is 71.6 Å². The van der Waals surface area contributed by atoms with E-state index in [1.807, 2.05) is 12.1 Å². The second-order valence-electron chi connectivity index (χ2n) is 2.67. The summed E-state index contributed by atoms with van der Waals surface area (Å²) in [4.78, 5) is 3.87. The second-order valence-corrected chi connectivity index (χ2v) is 3.05. The fraction of sp³-hybridized carbons (Fsp3) is 0.375. The molecule has 0 fully saturated rings. The minimum Gasteiger partial charge on any atom is -0.383 e. The van der Waals surface area contributed by atoms with E-state index < -0.39 is 0 Å². The summed E-state index contributed by atoms with van der Waals surface area (Å²) in [7, 11) is 0. The highest BCUT2D eigenvalue weighted by Gasteiger charge is 1.95. The molecule has 1 heterocycles. The maximum Gasteiger partial charge on any atom is 0.131 e. The maximum absolute atomic E-state index is 5.68. The first kappa shape index (κ1) is 8.34. The van der Waals surface area contributed by atoms with Crippen molar-refractivity contribution in [1.82, 2.24) is 4.98 Å². The molecule has 3 heteroatoms. The number of nitrogens with zero attached hydrogens (tertiary/aromatic N) is 1. The third-order valence-corrected chi connectivity index (χ3v) is 1.39. The molecule has 60 valence electrons. The van der Waals surface area contributed by atoms with Gasteiger partial charge in [-0.3, -0.25) is 0 Å². The minimum atomic E-state index is 0.425. The molecule has 0 bridgehead atoms. The first-order valence-electron chi connectivity index (χ1n) is 3.56. The van der Waals surface area contributed by atoms with E-state index in [-0.39, 0.29) is 0 Å². The van der Waals surface area contributed by atoms with Crippen molar-refractivity contribution in [2.24, 2.45) is 0 Å². The molecule has 0 amide bonds. The number of aromatic nitrogens is 1. The van der Waals surface area contributed by atoms with Gasteiger partial charge in [-0.05, 0) is 26.0 Å². The Kier molecular flexibility index (Phi) is 2.71. The van der Waals surface area contributed by atoms with Crippen molar-refractivity contribution in [3.05, 3.63) is 23.5 Å². The van der Waals surface area contributed by atoms with Crippen molar-refractivity contribution < 1.29 is 0 Å². The summed E-state index contributed by atoms with van der Waals surface area (Å²) in [5, 5.41) is 3.74. The molecule has 0 aliphatic carbocycles. The Balaban J connectivity index is 2.71. The van der Waals surface area contributed by atoms with Crippen LogP contribution in [0.1, 0.15) is 13.8 Å². The van der Waals surface area contributed by atoms with E-state index in [9.17, 15) is 0 Å². The average molecular weight is 171 g/mol. The number of anilines is 1. The third-order valence-electron chi connectivity index (χ3n) is 1.18. The molecule has 1 aromatic heterocycles. The highest BCUT2D eigenvalue weighted by Crippen LogP contribution is 2.12. The van der Waals surface area contributed by atoms with Crippen molar-refractivity contribution >= 4 is 17.3 Å². The molecule has 11 heavy (non-hydrogen) atoms. The van der Waals surface area contributed by atoms with E-state index in [2.05, 4.69) is 24.1 Å². The van der Waals surface area contributed by atoms with Crippen LogP contribution in [0, 0.1) is 0 Å². The Hall–Kier alpha value is -0.760. The van der Waals surface area contributed by atoms with Gasteiger partial charge in [-0.2, -0.15) is 0 Å². The van der Waals surface area contributed by atoms with Crippen LogP contribution in [0.2, 0.25) is 5.15 Å². The molecule has 0 saturated heterocycles. The molecule has 1 rings (SSSR count). The molecule has 0 aromatic carbocycles. The summed E-state index contributed by atoms with van der Waals surface area (Å²) in [5.41, 5.74) is 1.01. The van der Waals surface area contributed by atoms with Gasteiger partial charge in [0, 0.05) is 17.9 Å². The second kappa shape index (κ2) is 3.58. The first-order chi connectivity index (χ1) is 5.18. The zero-order chi connectivity index (χ0) is 8.27. The highest BCUT2D eigenvalue weighted by molar-refractivity contribution is 6.29. The fourth-order valence-corrected chi connectivity index (χ4v) is 0.999. The predicted molar refractivity (Wildman–Crippen MR) is 48.0 cm³/mol. The van der Waals surface area contributed by atoms with E-state index in [4.69, 9.17) is 11.6 Å². The molecule has 0 aliphatic rings. The van der Waals surface area contributed by atoms with Crippen LogP contribution in [0.5, 0.6) is 0 Å². The number of hydrogen-bond acceptors (Lipinski definition) is 2. The van der Waals surface area contributed by atoms with Gasteiger partial charge in [-0.1, -0.05) is 11.6 Å². The van der Waals surface area contributed by atoms with Gasteiger partial charge < -0.3 is 5.32 Å².